The Kier molecular flexibility index (Phi) is 6.36. The monoisotopic (exact) mass is 399 g/mol. The summed E-state index contributed by atoms with van der Waals surface area (Å²) in [5.74, 6) is 0.195. The smallest absolute Gasteiger partial charge is 0.206 e. The van der Waals surface area contributed by atoms with E-state index in [-0.39, 0.29) is 16.2 Å². The summed E-state index contributed by atoms with van der Waals surface area (Å²) >= 11 is 0. The molecule has 2 aromatic rings. The van der Waals surface area contributed by atoms with E-state index in [0.717, 1.165) is 36.8 Å². The average molecular weight is 400 g/mol. The van der Waals surface area contributed by atoms with Crippen LogP contribution < -0.4 is 5.73 Å². The third-order valence-corrected chi connectivity index (χ3v) is 7.39. The maximum atomic E-state index is 12.8. The highest BCUT2D eigenvalue weighted by Crippen LogP contribution is 2.29. The van der Waals surface area contributed by atoms with Crippen molar-refractivity contribution < 1.29 is 13.2 Å². The molecule has 2 aromatic carbocycles. The minimum atomic E-state index is -3.52. The molecule has 1 aliphatic carbocycles. The molecule has 1 saturated carbocycles. The molecular formula is C23H29NO3S. The average Bonchev–Trinajstić information content (AvgIpc) is 2.67. The van der Waals surface area contributed by atoms with Crippen LogP contribution in [0.4, 0.5) is 0 Å². The largest absolute Gasteiger partial charge is 0.325 e. The van der Waals surface area contributed by atoms with Gasteiger partial charge in [-0.15, -0.1) is 0 Å². The minimum Gasteiger partial charge on any atom is -0.325 e. The van der Waals surface area contributed by atoms with Crippen molar-refractivity contribution in [3.05, 3.63) is 59.7 Å². The molecule has 0 unspecified atom stereocenters. The minimum absolute atomic E-state index is 0.195. The number of sulfone groups is 1. The van der Waals surface area contributed by atoms with Crippen LogP contribution in [0, 0.1) is 6.92 Å². The van der Waals surface area contributed by atoms with Crippen molar-refractivity contribution in [1.29, 1.82) is 0 Å². The third kappa shape index (κ3) is 5.09. The van der Waals surface area contributed by atoms with E-state index in [0.29, 0.717) is 24.2 Å². The Bertz CT molecular complexity index is 927. The fraction of sp³-hybridized carbons (Fsp3) is 0.435. The number of Topliss-reactive ketones (excluding diaryl/α,β-unsaturated/α-hetero) is 1. The first-order chi connectivity index (χ1) is 13.3. The van der Waals surface area contributed by atoms with Crippen molar-refractivity contribution in [2.45, 2.75) is 73.6 Å². The van der Waals surface area contributed by atoms with Crippen LogP contribution in [0.2, 0.25) is 0 Å². The summed E-state index contributed by atoms with van der Waals surface area (Å²) in [7, 11) is -3.52. The van der Waals surface area contributed by atoms with E-state index in [2.05, 4.69) is 0 Å². The Morgan fingerprint density at radius 1 is 1.00 bits per heavy atom. The van der Waals surface area contributed by atoms with Crippen molar-refractivity contribution in [3.8, 4) is 0 Å². The molecule has 0 aromatic heterocycles. The van der Waals surface area contributed by atoms with Crippen LogP contribution in [-0.4, -0.2) is 19.7 Å². The molecule has 0 bridgehead atoms. The Morgan fingerprint density at radius 2 is 1.68 bits per heavy atom. The number of benzene rings is 2. The molecule has 1 aliphatic rings. The zero-order chi connectivity index (χ0) is 20.2. The number of carbonyl (C=O) groups excluding carboxylic acids is 1. The van der Waals surface area contributed by atoms with Crippen molar-refractivity contribution >= 4 is 15.6 Å². The number of aryl methyl sites for hydroxylation is 2. The topological polar surface area (TPSA) is 77.2 Å². The lowest BCUT2D eigenvalue weighted by atomic mass is 9.78. The number of ketones is 1. The second kappa shape index (κ2) is 8.58. The summed E-state index contributed by atoms with van der Waals surface area (Å²) < 4.78 is 25.5. The van der Waals surface area contributed by atoms with Gasteiger partial charge in [-0.1, -0.05) is 43.5 Å². The maximum Gasteiger partial charge on any atom is 0.206 e. The van der Waals surface area contributed by atoms with Crippen molar-refractivity contribution in [2.24, 2.45) is 5.73 Å². The van der Waals surface area contributed by atoms with E-state index in [9.17, 15) is 13.2 Å². The van der Waals surface area contributed by atoms with Gasteiger partial charge >= 0.3 is 0 Å². The Hall–Kier alpha value is -1.98. The fourth-order valence-corrected chi connectivity index (χ4v) is 5.32. The third-order valence-electron chi connectivity index (χ3n) is 5.62. The summed E-state index contributed by atoms with van der Waals surface area (Å²) in [6, 6.07) is 13.8. The van der Waals surface area contributed by atoms with Crippen LogP contribution in [0.3, 0.4) is 0 Å². The first-order valence-corrected chi connectivity index (χ1v) is 11.5. The molecule has 0 aliphatic heterocycles. The van der Waals surface area contributed by atoms with E-state index in [1.54, 1.807) is 42.5 Å². The van der Waals surface area contributed by atoms with Gasteiger partial charge in [-0.3, -0.25) is 4.79 Å². The summed E-state index contributed by atoms with van der Waals surface area (Å²) in [5.41, 5.74) is 7.93. The summed E-state index contributed by atoms with van der Waals surface area (Å²) in [6.07, 6.45) is 6.82. The quantitative estimate of drug-likeness (QED) is 0.749. The van der Waals surface area contributed by atoms with Gasteiger partial charge in [0.2, 0.25) is 9.84 Å². The van der Waals surface area contributed by atoms with Crippen LogP contribution in [-0.2, 0) is 21.1 Å². The summed E-state index contributed by atoms with van der Waals surface area (Å²) in [4.78, 5) is 12.9. The summed E-state index contributed by atoms with van der Waals surface area (Å²) in [5, 5.41) is 0. The van der Waals surface area contributed by atoms with Gasteiger partial charge in [0.1, 0.15) is 5.78 Å². The fourth-order valence-electron chi connectivity index (χ4n) is 3.95. The van der Waals surface area contributed by atoms with Gasteiger partial charge in [-0.25, -0.2) is 8.42 Å². The molecule has 0 saturated heterocycles. The second-order valence-corrected chi connectivity index (χ2v) is 10.1. The second-order valence-electron chi connectivity index (χ2n) is 8.10. The standard InChI is InChI=1S/C23H29NO3S/c1-18-6-5-7-22(16-18)28(26,27)21-12-9-19(10-13-21)8-11-20(25)17-23(24)14-3-2-4-15-23/h5-7,9-10,12-13,16H,2-4,8,11,14-15,17,24H2,1H3. The molecule has 0 spiro atoms. The van der Waals surface area contributed by atoms with Crippen LogP contribution >= 0.6 is 0 Å². The van der Waals surface area contributed by atoms with E-state index >= 15 is 0 Å². The van der Waals surface area contributed by atoms with Crippen molar-refractivity contribution in [2.75, 3.05) is 0 Å². The predicted octanol–water partition coefficient (Wildman–Crippen LogP) is 4.38. The molecule has 0 heterocycles. The van der Waals surface area contributed by atoms with E-state index in [1.807, 2.05) is 13.0 Å². The van der Waals surface area contributed by atoms with Crippen LogP contribution in [0.15, 0.2) is 58.3 Å². The predicted molar refractivity (Wildman–Crippen MR) is 111 cm³/mol. The van der Waals surface area contributed by atoms with E-state index in [4.69, 9.17) is 5.73 Å². The molecule has 5 heteroatoms. The number of carbonyl (C=O) groups is 1. The number of hydrogen-bond acceptors (Lipinski definition) is 4. The van der Waals surface area contributed by atoms with E-state index < -0.39 is 9.84 Å². The normalized spacial score (nSPS) is 16.6. The van der Waals surface area contributed by atoms with Crippen molar-refractivity contribution in [1.82, 2.24) is 0 Å². The molecule has 150 valence electrons. The zero-order valence-corrected chi connectivity index (χ0v) is 17.3. The van der Waals surface area contributed by atoms with Gasteiger partial charge in [0, 0.05) is 18.4 Å². The lowest BCUT2D eigenvalue weighted by Crippen LogP contribution is -2.43. The van der Waals surface area contributed by atoms with Crippen LogP contribution in [0.1, 0.15) is 56.1 Å². The molecule has 28 heavy (non-hydrogen) atoms. The highest BCUT2D eigenvalue weighted by atomic mass is 32.2. The molecule has 0 radical (unpaired) electrons. The number of hydrogen-bond donors (Lipinski definition) is 1. The Labute approximate surface area is 168 Å². The van der Waals surface area contributed by atoms with Crippen LogP contribution in [0.25, 0.3) is 0 Å². The molecule has 2 N–H and O–H groups in total. The molecule has 3 rings (SSSR count). The zero-order valence-electron chi connectivity index (χ0n) is 16.5. The first-order valence-electron chi connectivity index (χ1n) is 10.00. The van der Waals surface area contributed by atoms with Gasteiger partial charge in [0.15, 0.2) is 0 Å². The van der Waals surface area contributed by atoms with Crippen molar-refractivity contribution in [3.63, 3.8) is 0 Å². The lowest BCUT2D eigenvalue weighted by Gasteiger charge is -2.32. The molecule has 0 amide bonds. The molecule has 4 nitrogen and oxygen atoms in total. The van der Waals surface area contributed by atoms with Gasteiger partial charge in [0.05, 0.1) is 9.79 Å². The lowest BCUT2D eigenvalue weighted by molar-refractivity contribution is -0.120. The molecular weight excluding hydrogens is 370 g/mol. The number of rotatable bonds is 7. The van der Waals surface area contributed by atoms with E-state index in [1.165, 1.54) is 6.42 Å². The highest BCUT2D eigenvalue weighted by molar-refractivity contribution is 7.91. The first kappa shape index (κ1) is 20.7. The molecule has 0 atom stereocenters. The van der Waals surface area contributed by atoms with Gasteiger partial charge in [0.25, 0.3) is 0 Å². The van der Waals surface area contributed by atoms with Crippen LogP contribution in [0.5, 0.6) is 0 Å². The summed E-state index contributed by atoms with van der Waals surface area (Å²) in [6.45, 7) is 1.87. The highest BCUT2D eigenvalue weighted by Gasteiger charge is 2.29. The van der Waals surface area contributed by atoms with Gasteiger partial charge < -0.3 is 5.73 Å². The van der Waals surface area contributed by atoms with Gasteiger partial charge in [-0.05, 0) is 61.6 Å². The SMILES string of the molecule is Cc1cccc(S(=O)(=O)c2ccc(CCC(=O)CC3(N)CCCCC3)cc2)c1. The molecule has 1 fully saturated rings. The number of nitrogens with two attached hydrogens (primary N) is 1. The maximum absolute atomic E-state index is 12.8. The van der Waals surface area contributed by atoms with Gasteiger partial charge in [-0.2, -0.15) is 0 Å². The Morgan fingerprint density at radius 3 is 2.32 bits per heavy atom. The Balaban J connectivity index is 1.61.